The number of ether oxygens (including phenoxy) is 3. The van der Waals surface area contributed by atoms with Gasteiger partial charge < -0.3 is 18.8 Å². The van der Waals surface area contributed by atoms with Gasteiger partial charge in [-0.25, -0.2) is 0 Å². The van der Waals surface area contributed by atoms with Gasteiger partial charge >= 0.3 is 0 Å². The highest BCUT2D eigenvalue weighted by Crippen LogP contribution is 2.31. The van der Waals surface area contributed by atoms with Crippen LogP contribution < -0.4 is 4.72 Å². The molecule has 0 aliphatic carbocycles. The maximum absolute atomic E-state index is 12.7. The highest BCUT2D eigenvalue weighted by Gasteiger charge is 2.45. The van der Waals surface area contributed by atoms with E-state index in [1.807, 2.05) is 52.8 Å². The predicted octanol–water partition coefficient (Wildman–Crippen LogP) is 2.34. The van der Waals surface area contributed by atoms with Crippen molar-refractivity contribution < 1.29 is 18.8 Å². The maximum atomic E-state index is 12.7. The first-order valence-electron chi connectivity index (χ1n) is 8.07. The first-order valence-corrected chi connectivity index (χ1v) is 9.22. The van der Waals surface area contributed by atoms with Crippen molar-refractivity contribution in [1.82, 2.24) is 9.71 Å². The van der Waals surface area contributed by atoms with Crippen LogP contribution >= 0.6 is 0 Å². The second-order valence-electron chi connectivity index (χ2n) is 7.30. The fraction of sp³-hybridized carbons (Fsp3) is 0.706. The topological polar surface area (TPSA) is 75.7 Å². The fourth-order valence-corrected chi connectivity index (χ4v) is 3.40. The Morgan fingerprint density at radius 3 is 2.58 bits per heavy atom. The molecule has 1 aliphatic rings. The lowest BCUT2D eigenvalue weighted by molar-refractivity contribution is -0.145. The number of pyridine rings is 1. The van der Waals surface area contributed by atoms with E-state index in [0.29, 0.717) is 6.61 Å². The van der Waals surface area contributed by atoms with E-state index in [4.69, 9.17) is 14.2 Å². The number of rotatable bonds is 6. The Bertz CT molecular complexity index is 521. The Kier molecular flexibility index (Phi) is 6.28. The average Bonchev–Trinajstić information content (AvgIpc) is 2.87. The molecule has 1 fully saturated rings. The SMILES string of the molecule is COC(c1ccccn1)[C@@H](N[S@+]([O-])C(C)(C)C)[C@H]1COC(C)(C)O1. The van der Waals surface area contributed by atoms with Crippen LogP contribution in [-0.4, -0.2) is 45.9 Å². The standard InChI is InChI=1S/C17H28N2O4S/c1-16(2,3)24(20)19-14(13-11-22-17(4,5)23-13)15(21-6)12-9-7-8-10-18-12/h7-10,13-15,19H,11H2,1-6H3/t13-,14+,15?,24-/m1/s1. The third-order valence-corrected chi connectivity index (χ3v) is 5.39. The summed E-state index contributed by atoms with van der Waals surface area (Å²) in [7, 11) is 1.62. The molecule has 4 atom stereocenters. The number of methoxy groups -OCH3 is 1. The average molecular weight is 356 g/mol. The van der Waals surface area contributed by atoms with Gasteiger partial charge in [-0.3, -0.25) is 4.98 Å². The van der Waals surface area contributed by atoms with E-state index in [-0.39, 0.29) is 12.1 Å². The third kappa shape index (κ3) is 4.91. The molecule has 1 aromatic heterocycles. The minimum atomic E-state index is -1.28. The Balaban J connectivity index is 2.27. The molecule has 6 nitrogen and oxygen atoms in total. The maximum Gasteiger partial charge on any atom is 0.163 e. The molecule has 0 saturated carbocycles. The summed E-state index contributed by atoms with van der Waals surface area (Å²) in [4.78, 5) is 4.39. The van der Waals surface area contributed by atoms with Crippen LogP contribution in [0.15, 0.2) is 24.4 Å². The van der Waals surface area contributed by atoms with Gasteiger partial charge in [0.2, 0.25) is 0 Å². The zero-order chi connectivity index (χ0) is 18.0. The van der Waals surface area contributed by atoms with Crippen LogP contribution in [0.5, 0.6) is 0 Å². The van der Waals surface area contributed by atoms with Crippen LogP contribution in [0.25, 0.3) is 0 Å². The molecule has 136 valence electrons. The van der Waals surface area contributed by atoms with Gasteiger partial charge in [0.25, 0.3) is 0 Å². The largest absolute Gasteiger partial charge is 0.598 e. The molecule has 2 heterocycles. The lowest BCUT2D eigenvalue weighted by Crippen LogP contribution is -2.53. The second kappa shape index (κ2) is 7.68. The van der Waals surface area contributed by atoms with Gasteiger partial charge in [0, 0.05) is 24.7 Å². The van der Waals surface area contributed by atoms with Gasteiger partial charge in [0.15, 0.2) is 5.79 Å². The quantitative estimate of drug-likeness (QED) is 0.789. The predicted molar refractivity (Wildman–Crippen MR) is 93.7 cm³/mol. The first kappa shape index (κ1) is 19.6. The monoisotopic (exact) mass is 356 g/mol. The van der Waals surface area contributed by atoms with Gasteiger partial charge in [0.1, 0.15) is 23.0 Å². The number of aromatic nitrogens is 1. The van der Waals surface area contributed by atoms with Crippen molar-refractivity contribution in [2.45, 2.75) is 63.4 Å². The zero-order valence-electron chi connectivity index (χ0n) is 15.2. The summed E-state index contributed by atoms with van der Waals surface area (Å²) in [6.45, 7) is 9.91. The summed E-state index contributed by atoms with van der Waals surface area (Å²) in [5, 5.41) is 0. The molecule has 1 saturated heterocycles. The van der Waals surface area contributed by atoms with Crippen molar-refractivity contribution in [3.8, 4) is 0 Å². The lowest BCUT2D eigenvalue weighted by atomic mass is 10.0. The van der Waals surface area contributed by atoms with Gasteiger partial charge in [-0.2, -0.15) is 0 Å². The highest BCUT2D eigenvalue weighted by atomic mass is 32.2. The Hall–Kier alpha value is -0.700. The molecule has 2 rings (SSSR count). The lowest BCUT2D eigenvalue weighted by Gasteiger charge is -2.34. The highest BCUT2D eigenvalue weighted by molar-refractivity contribution is 7.90. The number of nitrogens with zero attached hydrogens (tertiary/aromatic N) is 1. The Labute approximate surface area is 147 Å². The zero-order valence-corrected chi connectivity index (χ0v) is 16.1. The Morgan fingerprint density at radius 2 is 2.12 bits per heavy atom. The summed E-state index contributed by atoms with van der Waals surface area (Å²) in [5.74, 6) is -0.670. The molecule has 24 heavy (non-hydrogen) atoms. The van der Waals surface area contributed by atoms with E-state index in [9.17, 15) is 4.55 Å². The molecule has 1 N–H and O–H groups in total. The summed E-state index contributed by atoms with van der Waals surface area (Å²) in [6, 6.07) is 5.29. The normalized spacial score (nSPS) is 24.5. The molecule has 7 heteroatoms. The van der Waals surface area contributed by atoms with Crippen molar-refractivity contribution >= 4 is 11.4 Å². The van der Waals surface area contributed by atoms with Crippen LogP contribution in [0.3, 0.4) is 0 Å². The molecule has 1 aliphatic heterocycles. The smallest absolute Gasteiger partial charge is 0.163 e. The number of hydrogen-bond acceptors (Lipinski definition) is 6. The van der Waals surface area contributed by atoms with Gasteiger partial charge in [-0.05, 0) is 46.8 Å². The van der Waals surface area contributed by atoms with Crippen LogP contribution in [0, 0.1) is 0 Å². The van der Waals surface area contributed by atoms with E-state index in [2.05, 4.69) is 9.71 Å². The molecule has 1 unspecified atom stereocenters. The van der Waals surface area contributed by atoms with E-state index in [1.54, 1.807) is 13.3 Å². The van der Waals surface area contributed by atoms with Crippen molar-refractivity contribution in [1.29, 1.82) is 0 Å². The summed E-state index contributed by atoms with van der Waals surface area (Å²) >= 11 is -1.28. The molecule has 0 aromatic carbocycles. The van der Waals surface area contributed by atoms with Crippen molar-refractivity contribution in [2.24, 2.45) is 0 Å². The molecule has 0 bridgehead atoms. The number of hydrogen-bond donors (Lipinski definition) is 1. The summed E-state index contributed by atoms with van der Waals surface area (Å²) in [5.41, 5.74) is 0.761. The van der Waals surface area contributed by atoms with Crippen LogP contribution in [0.4, 0.5) is 0 Å². The molecular formula is C17H28N2O4S. The van der Waals surface area contributed by atoms with Crippen LogP contribution in [0.1, 0.15) is 46.4 Å². The third-order valence-electron chi connectivity index (χ3n) is 3.79. The van der Waals surface area contributed by atoms with E-state index >= 15 is 0 Å². The van der Waals surface area contributed by atoms with Gasteiger partial charge in [-0.1, -0.05) is 6.07 Å². The number of nitrogens with one attached hydrogen (secondary N) is 1. The molecule has 1 aromatic rings. The molecule has 0 spiro atoms. The Morgan fingerprint density at radius 1 is 1.42 bits per heavy atom. The van der Waals surface area contributed by atoms with Gasteiger partial charge in [-0.15, -0.1) is 4.72 Å². The minimum Gasteiger partial charge on any atom is -0.598 e. The molecule has 0 radical (unpaired) electrons. The molecule has 0 amide bonds. The van der Waals surface area contributed by atoms with Gasteiger partial charge in [0.05, 0.1) is 12.3 Å². The van der Waals surface area contributed by atoms with E-state index in [1.165, 1.54) is 0 Å². The van der Waals surface area contributed by atoms with E-state index < -0.39 is 28.0 Å². The molecular weight excluding hydrogens is 328 g/mol. The minimum absolute atomic E-state index is 0.293. The van der Waals surface area contributed by atoms with Crippen molar-refractivity contribution in [2.75, 3.05) is 13.7 Å². The van der Waals surface area contributed by atoms with E-state index in [0.717, 1.165) is 5.69 Å². The second-order valence-corrected chi connectivity index (χ2v) is 9.30. The van der Waals surface area contributed by atoms with Crippen molar-refractivity contribution in [3.05, 3.63) is 30.1 Å². The summed E-state index contributed by atoms with van der Waals surface area (Å²) < 4.78 is 32.8. The first-order chi connectivity index (χ1) is 11.1. The fourth-order valence-electron chi connectivity index (χ4n) is 2.52. The van der Waals surface area contributed by atoms with Crippen molar-refractivity contribution in [3.63, 3.8) is 0 Å². The van der Waals surface area contributed by atoms with Crippen LogP contribution in [-0.2, 0) is 25.6 Å². The van der Waals surface area contributed by atoms with Crippen LogP contribution in [0.2, 0.25) is 0 Å². The summed E-state index contributed by atoms with van der Waals surface area (Å²) in [6.07, 6.45) is 1.02.